The molecule has 204 valence electrons. The van der Waals surface area contributed by atoms with Crippen LogP contribution in [0, 0.1) is 29.1 Å². The van der Waals surface area contributed by atoms with E-state index in [2.05, 4.69) is 0 Å². The van der Waals surface area contributed by atoms with Gasteiger partial charge >= 0.3 is 0 Å². The van der Waals surface area contributed by atoms with Crippen LogP contribution in [-0.4, -0.2) is 35.8 Å². The second-order valence-electron chi connectivity index (χ2n) is 8.76. The van der Waals surface area contributed by atoms with Crippen LogP contribution in [0.1, 0.15) is 95.5 Å². The zero-order valence-electron chi connectivity index (χ0n) is 20.5. The van der Waals surface area contributed by atoms with E-state index in [1.54, 1.807) is 0 Å². The molecule has 0 heterocycles. The van der Waals surface area contributed by atoms with Gasteiger partial charge in [-0.1, -0.05) is 64.2 Å². The van der Waals surface area contributed by atoms with Crippen LogP contribution < -0.4 is 0 Å². The van der Waals surface area contributed by atoms with E-state index in [4.69, 9.17) is 19.3 Å². The first-order valence-corrected chi connectivity index (χ1v) is 14.1. The van der Waals surface area contributed by atoms with E-state index >= 15 is 0 Å². The quantitative estimate of drug-likeness (QED) is 0.0531. The number of benzene rings is 1. The number of hydrogen-bond acceptors (Lipinski definition) is 4. The van der Waals surface area contributed by atoms with Crippen LogP contribution in [0.3, 0.4) is 0 Å². The summed E-state index contributed by atoms with van der Waals surface area (Å²) >= 11 is 0. The summed E-state index contributed by atoms with van der Waals surface area (Å²) in [6.45, 7) is 1.08. The molecular formula is C25H40F5O4P. The third-order valence-electron chi connectivity index (χ3n) is 5.77. The van der Waals surface area contributed by atoms with Crippen LogP contribution in [0.2, 0.25) is 0 Å². The first-order valence-electron chi connectivity index (χ1n) is 12.7. The Bertz CT molecular complexity index is 665. The zero-order chi connectivity index (χ0) is 25.9. The Morgan fingerprint density at radius 2 is 0.800 bits per heavy atom. The standard InChI is InChI=1S/C25H40F5O4P/c26-21-20(22(27)24(29)25(30)23(21)28)19-34-17-13-9-5-4-8-12-16-33-15-11-7-3-1-2-6-10-14-18-35(31)32/h31-32H,1-19H2. The molecule has 4 nitrogen and oxygen atoms in total. The van der Waals surface area contributed by atoms with E-state index < -0.39 is 49.6 Å². The van der Waals surface area contributed by atoms with Gasteiger partial charge in [-0.05, 0) is 25.7 Å². The van der Waals surface area contributed by atoms with Gasteiger partial charge in [0.1, 0.15) is 0 Å². The maximum atomic E-state index is 13.5. The van der Waals surface area contributed by atoms with Crippen LogP contribution in [-0.2, 0) is 16.1 Å². The van der Waals surface area contributed by atoms with Crippen LogP contribution >= 0.6 is 8.38 Å². The lowest BCUT2D eigenvalue weighted by molar-refractivity contribution is 0.109. The Morgan fingerprint density at radius 3 is 1.23 bits per heavy atom. The van der Waals surface area contributed by atoms with Crippen molar-refractivity contribution >= 4 is 8.38 Å². The highest BCUT2D eigenvalue weighted by atomic mass is 31.2. The van der Waals surface area contributed by atoms with Crippen molar-refractivity contribution in [1.29, 1.82) is 0 Å². The molecule has 0 aromatic heterocycles. The summed E-state index contributed by atoms with van der Waals surface area (Å²) in [5, 5.41) is 0. The summed E-state index contributed by atoms with van der Waals surface area (Å²) < 4.78 is 77.1. The minimum Gasteiger partial charge on any atom is -0.381 e. The van der Waals surface area contributed by atoms with Crippen molar-refractivity contribution in [1.82, 2.24) is 0 Å². The van der Waals surface area contributed by atoms with Crippen LogP contribution in [0.25, 0.3) is 0 Å². The molecule has 35 heavy (non-hydrogen) atoms. The van der Waals surface area contributed by atoms with E-state index in [1.807, 2.05) is 0 Å². The molecule has 0 saturated carbocycles. The third-order valence-corrected chi connectivity index (χ3v) is 6.49. The fourth-order valence-electron chi connectivity index (χ4n) is 3.69. The zero-order valence-corrected chi connectivity index (χ0v) is 21.4. The molecular weight excluding hydrogens is 490 g/mol. The van der Waals surface area contributed by atoms with E-state index in [-0.39, 0.29) is 6.61 Å². The summed E-state index contributed by atoms with van der Waals surface area (Å²) in [5.41, 5.74) is -0.936. The summed E-state index contributed by atoms with van der Waals surface area (Å²) in [4.78, 5) is 17.7. The van der Waals surface area contributed by atoms with Gasteiger partial charge < -0.3 is 19.3 Å². The Morgan fingerprint density at radius 1 is 0.457 bits per heavy atom. The number of ether oxygens (including phenoxy) is 2. The lowest BCUT2D eigenvalue weighted by atomic mass is 10.1. The van der Waals surface area contributed by atoms with Gasteiger partial charge in [0, 0.05) is 26.0 Å². The fraction of sp³-hybridized carbons (Fsp3) is 0.760. The molecule has 0 fully saturated rings. The topological polar surface area (TPSA) is 58.9 Å². The molecule has 0 bridgehead atoms. The van der Waals surface area contributed by atoms with E-state index in [0.717, 1.165) is 71.0 Å². The lowest BCUT2D eigenvalue weighted by Gasteiger charge is -2.09. The molecule has 1 aromatic carbocycles. The Balaban J connectivity index is 1.85. The van der Waals surface area contributed by atoms with E-state index in [9.17, 15) is 22.0 Å². The normalized spacial score (nSPS) is 11.7. The molecule has 0 aliphatic heterocycles. The molecule has 1 aromatic rings. The third kappa shape index (κ3) is 14.5. The Hall–Kier alpha value is -0.860. The highest BCUT2D eigenvalue weighted by molar-refractivity contribution is 7.45. The first-order chi connectivity index (χ1) is 16.9. The van der Waals surface area contributed by atoms with E-state index in [1.165, 1.54) is 25.7 Å². The SMILES string of the molecule is OP(O)CCCCCCCCCCOCCCCCCCCOCc1c(F)c(F)c(F)c(F)c1F. The molecule has 0 atom stereocenters. The van der Waals surface area contributed by atoms with Gasteiger partial charge in [-0.3, -0.25) is 0 Å². The molecule has 0 radical (unpaired) electrons. The average molecular weight is 531 g/mol. The van der Waals surface area contributed by atoms with Crippen LogP contribution in [0.4, 0.5) is 22.0 Å². The largest absolute Gasteiger partial charge is 0.381 e. The second-order valence-corrected chi connectivity index (χ2v) is 9.95. The summed E-state index contributed by atoms with van der Waals surface area (Å²) in [6, 6.07) is 0. The van der Waals surface area contributed by atoms with Crippen molar-refractivity contribution in [3.63, 3.8) is 0 Å². The van der Waals surface area contributed by atoms with E-state index in [0.29, 0.717) is 12.6 Å². The average Bonchev–Trinajstić information content (AvgIpc) is 2.84. The molecule has 2 N–H and O–H groups in total. The fourth-order valence-corrected chi connectivity index (χ4v) is 4.19. The van der Waals surface area contributed by atoms with Crippen LogP contribution in [0.5, 0.6) is 0 Å². The van der Waals surface area contributed by atoms with Crippen molar-refractivity contribution in [3.8, 4) is 0 Å². The Kier molecular flexibility index (Phi) is 18.6. The van der Waals surface area contributed by atoms with Crippen LogP contribution in [0.15, 0.2) is 0 Å². The highest BCUT2D eigenvalue weighted by Gasteiger charge is 2.25. The Labute approximate surface area is 207 Å². The molecule has 0 aliphatic carbocycles. The summed E-state index contributed by atoms with van der Waals surface area (Å²) in [6.07, 6.45) is 15.1. The maximum absolute atomic E-state index is 13.5. The lowest BCUT2D eigenvalue weighted by Crippen LogP contribution is -2.09. The molecule has 0 amide bonds. The minimum atomic E-state index is -2.16. The monoisotopic (exact) mass is 530 g/mol. The van der Waals surface area contributed by atoms with Gasteiger partial charge in [0.25, 0.3) is 0 Å². The molecule has 0 aliphatic rings. The first kappa shape index (κ1) is 32.2. The maximum Gasteiger partial charge on any atom is 0.200 e. The van der Waals surface area contributed by atoms with Crippen molar-refractivity contribution in [2.75, 3.05) is 26.0 Å². The molecule has 1 rings (SSSR count). The van der Waals surface area contributed by atoms with Gasteiger partial charge in [-0.2, -0.15) is 0 Å². The predicted octanol–water partition coefficient (Wildman–Crippen LogP) is 7.67. The van der Waals surface area contributed by atoms with Gasteiger partial charge in [0.15, 0.2) is 31.6 Å². The summed E-state index contributed by atoms with van der Waals surface area (Å²) in [5.74, 6) is -9.74. The summed E-state index contributed by atoms with van der Waals surface area (Å²) in [7, 11) is -1.72. The molecule has 10 heteroatoms. The van der Waals surface area contributed by atoms with Gasteiger partial charge in [-0.25, -0.2) is 22.0 Å². The number of halogens is 5. The molecule has 0 spiro atoms. The number of hydrogen-bond donors (Lipinski definition) is 2. The highest BCUT2D eigenvalue weighted by Crippen LogP contribution is 2.25. The van der Waals surface area contributed by atoms with Crippen molar-refractivity contribution in [2.45, 2.75) is 96.5 Å². The van der Waals surface area contributed by atoms with Crippen molar-refractivity contribution in [2.24, 2.45) is 0 Å². The van der Waals surface area contributed by atoms with Gasteiger partial charge in [-0.15, -0.1) is 0 Å². The second kappa shape index (κ2) is 20.2. The predicted molar refractivity (Wildman–Crippen MR) is 128 cm³/mol. The number of rotatable bonds is 22. The smallest absolute Gasteiger partial charge is 0.200 e. The van der Waals surface area contributed by atoms with Crippen molar-refractivity contribution < 1.29 is 41.2 Å². The number of unbranched alkanes of at least 4 members (excludes halogenated alkanes) is 12. The minimum absolute atomic E-state index is 0.192. The van der Waals surface area contributed by atoms with Gasteiger partial charge in [0.05, 0.1) is 12.2 Å². The van der Waals surface area contributed by atoms with Gasteiger partial charge in [0.2, 0.25) is 5.82 Å². The van der Waals surface area contributed by atoms with Crippen molar-refractivity contribution in [3.05, 3.63) is 34.6 Å². The molecule has 0 unspecified atom stereocenters. The molecule has 0 saturated heterocycles.